The van der Waals surface area contributed by atoms with Gasteiger partial charge in [-0.05, 0) is 52.7 Å². The van der Waals surface area contributed by atoms with Gasteiger partial charge in [-0.15, -0.1) is 11.3 Å². The van der Waals surface area contributed by atoms with Gasteiger partial charge in [-0.25, -0.2) is 0 Å². The lowest BCUT2D eigenvalue weighted by molar-refractivity contribution is 0.516. The van der Waals surface area contributed by atoms with Gasteiger partial charge in [0, 0.05) is 21.9 Å². The minimum atomic E-state index is 0.541. The molecule has 2 rings (SSSR count). The van der Waals surface area contributed by atoms with E-state index < -0.39 is 0 Å². The molecule has 0 saturated carbocycles. The lowest BCUT2D eigenvalue weighted by atomic mass is 10.1. The third kappa shape index (κ3) is 4.23. The van der Waals surface area contributed by atoms with Crippen LogP contribution in [-0.4, -0.2) is 6.04 Å². The molecule has 1 N–H and O–H groups in total. The topological polar surface area (TPSA) is 12.0 Å². The van der Waals surface area contributed by atoms with Gasteiger partial charge in [0.25, 0.3) is 0 Å². The van der Waals surface area contributed by atoms with Crippen LogP contribution >= 0.6 is 27.3 Å². The maximum absolute atomic E-state index is 3.58. The summed E-state index contributed by atoms with van der Waals surface area (Å²) in [7, 11) is 0. The summed E-state index contributed by atoms with van der Waals surface area (Å²) in [5.41, 5.74) is 1.42. The Morgan fingerprint density at radius 2 is 2.00 bits per heavy atom. The Hall–Kier alpha value is -0.640. The van der Waals surface area contributed by atoms with Crippen LogP contribution in [0.4, 0.5) is 0 Å². The molecule has 0 amide bonds. The number of thiophene rings is 1. The molecule has 0 radical (unpaired) electrons. The fourth-order valence-electron chi connectivity index (χ4n) is 1.85. The second-order valence-electron chi connectivity index (χ2n) is 4.50. The second kappa shape index (κ2) is 7.07. The summed E-state index contributed by atoms with van der Waals surface area (Å²) >= 11 is 5.36. The zero-order valence-corrected chi connectivity index (χ0v) is 12.9. The summed E-state index contributed by atoms with van der Waals surface area (Å²) in [6, 6.07) is 13.3. The smallest absolute Gasteiger partial charge is 0.0327 e. The van der Waals surface area contributed by atoms with Gasteiger partial charge < -0.3 is 5.32 Å². The van der Waals surface area contributed by atoms with Crippen LogP contribution in [0.3, 0.4) is 0 Å². The normalized spacial score (nSPS) is 12.6. The van der Waals surface area contributed by atoms with Crippen molar-refractivity contribution in [2.75, 3.05) is 0 Å². The molecule has 0 fully saturated rings. The zero-order chi connectivity index (χ0) is 12.8. The molecule has 0 aliphatic heterocycles. The Morgan fingerprint density at radius 3 is 2.67 bits per heavy atom. The minimum Gasteiger partial charge on any atom is -0.309 e. The molecule has 1 atom stereocenters. The van der Waals surface area contributed by atoms with E-state index in [-0.39, 0.29) is 0 Å². The van der Waals surface area contributed by atoms with Crippen LogP contribution in [0.15, 0.2) is 46.3 Å². The number of rotatable bonds is 6. The Morgan fingerprint density at radius 1 is 1.22 bits per heavy atom. The highest BCUT2D eigenvalue weighted by molar-refractivity contribution is 9.10. The highest BCUT2D eigenvalue weighted by Gasteiger charge is 2.05. The summed E-state index contributed by atoms with van der Waals surface area (Å²) in [6.07, 6.45) is 2.31. The molecule has 1 aromatic heterocycles. The minimum absolute atomic E-state index is 0.541. The van der Waals surface area contributed by atoms with Gasteiger partial charge >= 0.3 is 0 Å². The molecule has 2 aromatic rings. The molecule has 0 aliphatic rings. The van der Waals surface area contributed by atoms with Crippen LogP contribution in [0, 0.1) is 0 Å². The van der Waals surface area contributed by atoms with Crippen LogP contribution in [0.2, 0.25) is 0 Å². The molecular formula is C15H18BrNS. The summed E-state index contributed by atoms with van der Waals surface area (Å²) in [5, 5.41) is 5.70. The molecule has 0 saturated heterocycles. The van der Waals surface area contributed by atoms with Crippen molar-refractivity contribution < 1.29 is 0 Å². The van der Waals surface area contributed by atoms with Gasteiger partial charge in [0.15, 0.2) is 0 Å². The van der Waals surface area contributed by atoms with Crippen LogP contribution in [0.1, 0.15) is 23.8 Å². The van der Waals surface area contributed by atoms with Crippen molar-refractivity contribution in [1.29, 1.82) is 0 Å². The van der Waals surface area contributed by atoms with E-state index in [0.717, 1.165) is 13.0 Å². The molecule has 3 heteroatoms. The average molecular weight is 324 g/mol. The monoisotopic (exact) mass is 323 g/mol. The summed E-state index contributed by atoms with van der Waals surface area (Å²) in [6.45, 7) is 3.21. The highest BCUT2D eigenvalue weighted by atomic mass is 79.9. The van der Waals surface area contributed by atoms with Gasteiger partial charge in [0.2, 0.25) is 0 Å². The maximum atomic E-state index is 3.58. The van der Waals surface area contributed by atoms with Crippen molar-refractivity contribution in [3.63, 3.8) is 0 Å². The lowest BCUT2D eigenvalue weighted by Crippen LogP contribution is -2.25. The molecule has 1 unspecified atom stereocenters. The number of hydrogen-bond acceptors (Lipinski definition) is 2. The van der Waals surface area contributed by atoms with Crippen LogP contribution in [0.25, 0.3) is 0 Å². The van der Waals surface area contributed by atoms with E-state index in [9.17, 15) is 0 Å². The van der Waals surface area contributed by atoms with Crippen molar-refractivity contribution >= 4 is 27.3 Å². The van der Waals surface area contributed by atoms with Crippen molar-refractivity contribution in [2.45, 2.75) is 32.4 Å². The Balaban J connectivity index is 1.73. The van der Waals surface area contributed by atoms with Gasteiger partial charge in [-0.1, -0.05) is 30.3 Å². The second-order valence-corrected chi connectivity index (χ2v) is 6.35. The van der Waals surface area contributed by atoms with Gasteiger partial charge in [0.1, 0.15) is 0 Å². The molecule has 0 spiro atoms. The van der Waals surface area contributed by atoms with E-state index in [4.69, 9.17) is 0 Å². The summed E-state index contributed by atoms with van der Waals surface area (Å²) in [5.74, 6) is 0. The third-order valence-electron chi connectivity index (χ3n) is 3.01. The first-order valence-electron chi connectivity index (χ1n) is 6.25. The van der Waals surface area contributed by atoms with Crippen LogP contribution < -0.4 is 5.32 Å². The van der Waals surface area contributed by atoms with Crippen molar-refractivity contribution in [1.82, 2.24) is 5.32 Å². The molecule has 1 heterocycles. The fourth-order valence-corrected chi connectivity index (χ4v) is 3.29. The largest absolute Gasteiger partial charge is 0.309 e. The zero-order valence-electron chi connectivity index (χ0n) is 10.5. The molecule has 0 bridgehead atoms. The first-order valence-corrected chi connectivity index (χ1v) is 7.92. The highest BCUT2D eigenvalue weighted by Crippen LogP contribution is 2.22. The predicted octanol–water partition coefficient (Wildman–Crippen LogP) is 4.62. The van der Waals surface area contributed by atoms with Crippen molar-refractivity contribution in [3.05, 3.63) is 56.7 Å². The first kappa shape index (κ1) is 13.8. The quantitative estimate of drug-likeness (QED) is 0.817. The van der Waals surface area contributed by atoms with Gasteiger partial charge in [-0.2, -0.15) is 0 Å². The Kier molecular flexibility index (Phi) is 5.42. The summed E-state index contributed by atoms with van der Waals surface area (Å²) in [4.78, 5) is 1.38. The Labute approximate surface area is 121 Å². The van der Waals surface area contributed by atoms with E-state index in [0.29, 0.717) is 6.04 Å². The van der Waals surface area contributed by atoms with Crippen LogP contribution in [-0.2, 0) is 13.0 Å². The number of benzene rings is 1. The van der Waals surface area contributed by atoms with Crippen LogP contribution in [0.5, 0.6) is 0 Å². The predicted molar refractivity (Wildman–Crippen MR) is 83.1 cm³/mol. The molecule has 1 nitrogen and oxygen atoms in total. The molecule has 96 valence electrons. The van der Waals surface area contributed by atoms with E-state index in [1.54, 1.807) is 11.3 Å². The first-order chi connectivity index (χ1) is 8.75. The average Bonchev–Trinajstić information content (AvgIpc) is 2.81. The standard InChI is InChI=1S/C15H18BrNS/c1-12(7-8-13-5-3-2-4-6-13)17-11-15-14(16)9-10-18-15/h2-6,9-10,12,17H,7-8,11H2,1H3. The van der Waals surface area contributed by atoms with Gasteiger partial charge in [0.05, 0.1) is 0 Å². The number of nitrogens with one attached hydrogen (secondary N) is 1. The fraction of sp³-hybridized carbons (Fsp3) is 0.333. The van der Waals surface area contributed by atoms with E-state index in [1.807, 2.05) is 0 Å². The third-order valence-corrected chi connectivity index (χ3v) is 4.94. The van der Waals surface area contributed by atoms with E-state index >= 15 is 0 Å². The molecular weight excluding hydrogens is 306 g/mol. The molecule has 1 aromatic carbocycles. The van der Waals surface area contributed by atoms with Crippen molar-refractivity contribution in [3.8, 4) is 0 Å². The number of halogens is 1. The molecule has 0 aliphatic carbocycles. The van der Waals surface area contributed by atoms with Gasteiger partial charge in [-0.3, -0.25) is 0 Å². The van der Waals surface area contributed by atoms with Crippen molar-refractivity contribution in [2.24, 2.45) is 0 Å². The Bertz CT molecular complexity index is 466. The summed E-state index contributed by atoms with van der Waals surface area (Å²) < 4.78 is 1.22. The molecule has 18 heavy (non-hydrogen) atoms. The van der Waals surface area contributed by atoms with E-state index in [2.05, 4.69) is 69.9 Å². The maximum Gasteiger partial charge on any atom is 0.0327 e. The number of aryl methyl sites for hydroxylation is 1. The SMILES string of the molecule is CC(CCc1ccccc1)NCc1sccc1Br. The number of hydrogen-bond donors (Lipinski definition) is 1. The van der Waals surface area contributed by atoms with E-state index in [1.165, 1.54) is 21.3 Å². The lowest BCUT2D eigenvalue weighted by Gasteiger charge is -2.13.